The van der Waals surface area contributed by atoms with E-state index in [1.165, 1.54) is 4.90 Å². The van der Waals surface area contributed by atoms with Crippen LogP contribution in [0.3, 0.4) is 0 Å². The van der Waals surface area contributed by atoms with Crippen LogP contribution in [0.15, 0.2) is 52.5 Å². The van der Waals surface area contributed by atoms with Crippen molar-refractivity contribution in [3.05, 3.63) is 63.6 Å². The Morgan fingerprint density at radius 2 is 1.94 bits per heavy atom. The van der Waals surface area contributed by atoms with Gasteiger partial charge in [-0.1, -0.05) is 32.9 Å². The predicted octanol–water partition coefficient (Wildman–Crippen LogP) is 5.32. The second kappa shape index (κ2) is 10.2. The molecule has 6 nitrogen and oxygen atoms in total. The number of aliphatic hydroxyl groups excluding tert-OH is 1. The van der Waals surface area contributed by atoms with Crippen LogP contribution in [0.4, 0.5) is 0 Å². The molecule has 1 atom stereocenters. The molecule has 0 aliphatic carbocycles. The third-order valence-electron chi connectivity index (χ3n) is 5.19. The van der Waals surface area contributed by atoms with Crippen molar-refractivity contribution in [2.75, 3.05) is 20.3 Å². The molecule has 0 aromatic heterocycles. The fraction of sp³-hybridized carbons (Fsp3) is 0.360. The molecule has 7 heteroatoms. The first-order valence-electron chi connectivity index (χ1n) is 10.6. The molecule has 0 bridgehead atoms. The van der Waals surface area contributed by atoms with Gasteiger partial charge in [0.25, 0.3) is 11.7 Å². The quantitative estimate of drug-likeness (QED) is 0.300. The number of Topliss-reactive ketones (excluding diaryl/α,β-unsaturated/α-hetero) is 1. The Hall–Kier alpha value is -2.80. The number of likely N-dealkylation sites (tertiary alicyclic amines) is 1. The normalized spacial score (nSPS) is 17.8. The summed E-state index contributed by atoms with van der Waals surface area (Å²) < 4.78 is 11.7. The van der Waals surface area contributed by atoms with Gasteiger partial charge in [0.05, 0.1) is 29.8 Å². The minimum absolute atomic E-state index is 0.0709. The molecule has 170 valence electrons. The van der Waals surface area contributed by atoms with Crippen LogP contribution in [0.1, 0.15) is 44.4 Å². The van der Waals surface area contributed by atoms with E-state index < -0.39 is 17.7 Å². The summed E-state index contributed by atoms with van der Waals surface area (Å²) in [6, 6.07) is 11.7. The number of rotatable bonds is 8. The van der Waals surface area contributed by atoms with Crippen LogP contribution < -0.4 is 9.47 Å². The van der Waals surface area contributed by atoms with Gasteiger partial charge in [0.2, 0.25) is 0 Å². The van der Waals surface area contributed by atoms with Crippen LogP contribution in [0.25, 0.3) is 5.76 Å². The van der Waals surface area contributed by atoms with Gasteiger partial charge in [-0.05, 0) is 64.2 Å². The van der Waals surface area contributed by atoms with E-state index in [9.17, 15) is 14.7 Å². The smallest absolute Gasteiger partial charge is 0.295 e. The Morgan fingerprint density at radius 3 is 2.56 bits per heavy atom. The van der Waals surface area contributed by atoms with Gasteiger partial charge >= 0.3 is 0 Å². The van der Waals surface area contributed by atoms with Crippen LogP contribution in [-0.2, 0) is 9.59 Å². The zero-order chi connectivity index (χ0) is 23.4. The van der Waals surface area contributed by atoms with Crippen LogP contribution in [-0.4, -0.2) is 42.0 Å². The summed E-state index contributed by atoms with van der Waals surface area (Å²) in [5, 5.41) is 11.1. The molecule has 3 rings (SSSR count). The third-order valence-corrected chi connectivity index (χ3v) is 5.81. The summed E-state index contributed by atoms with van der Waals surface area (Å²) >= 11 is 3.41. The van der Waals surface area contributed by atoms with Gasteiger partial charge in [0.1, 0.15) is 17.3 Å². The van der Waals surface area contributed by atoms with Crippen molar-refractivity contribution in [3.8, 4) is 11.5 Å². The summed E-state index contributed by atoms with van der Waals surface area (Å²) in [6.07, 6.45) is 0.682. The minimum Gasteiger partial charge on any atom is -0.507 e. The highest BCUT2D eigenvalue weighted by Gasteiger charge is 2.45. The van der Waals surface area contributed by atoms with Gasteiger partial charge in [-0.3, -0.25) is 9.59 Å². The molecule has 0 saturated carbocycles. The van der Waals surface area contributed by atoms with Crippen molar-refractivity contribution >= 4 is 33.4 Å². The van der Waals surface area contributed by atoms with Crippen molar-refractivity contribution < 1.29 is 24.2 Å². The molecule has 1 heterocycles. The molecule has 32 heavy (non-hydrogen) atoms. The maximum absolute atomic E-state index is 13.0. The van der Waals surface area contributed by atoms with Crippen molar-refractivity contribution in [1.29, 1.82) is 0 Å². The summed E-state index contributed by atoms with van der Waals surface area (Å²) in [5.41, 5.74) is 1.21. The lowest BCUT2D eigenvalue weighted by Gasteiger charge is -2.25. The third kappa shape index (κ3) is 4.83. The van der Waals surface area contributed by atoms with E-state index in [-0.39, 0.29) is 11.3 Å². The summed E-state index contributed by atoms with van der Waals surface area (Å²) in [7, 11) is 1.55. The van der Waals surface area contributed by atoms with E-state index in [4.69, 9.17) is 9.47 Å². The van der Waals surface area contributed by atoms with E-state index in [0.29, 0.717) is 52.6 Å². The number of amides is 1. The highest BCUT2D eigenvalue weighted by Crippen LogP contribution is 2.41. The van der Waals surface area contributed by atoms with E-state index in [2.05, 4.69) is 29.8 Å². The van der Waals surface area contributed by atoms with E-state index in [1.54, 1.807) is 25.3 Å². The van der Waals surface area contributed by atoms with Crippen molar-refractivity contribution in [2.45, 2.75) is 33.2 Å². The fourth-order valence-electron chi connectivity index (χ4n) is 3.70. The van der Waals surface area contributed by atoms with Crippen LogP contribution in [0.2, 0.25) is 0 Å². The molecule has 0 radical (unpaired) electrons. The molecule has 0 spiro atoms. The fourth-order valence-corrected chi connectivity index (χ4v) is 4.25. The van der Waals surface area contributed by atoms with Crippen molar-refractivity contribution in [1.82, 2.24) is 4.90 Å². The lowest BCUT2D eigenvalue weighted by molar-refractivity contribution is -0.139. The molecule has 1 N–H and O–H groups in total. The number of hydrogen-bond acceptors (Lipinski definition) is 5. The Labute approximate surface area is 197 Å². The molecule has 1 fully saturated rings. The SMILES string of the molecule is CCCN1C(=O)C(=O)/C(=C(/O)c2ccc(OC)c(Br)c2)C1c1cccc(OCC(C)C)c1. The molecule has 1 unspecified atom stereocenters. The maximum atomic E-state index is 13.0. The molecule has 1 amide bonds. The average Bonchev–Trinajstić information content (AvgIpc) is 3.02. The molecular formula is C25H28BrNO5. The lowest BCUT2D eigenvalue weighted by atomic mass is 9.95. The largest absolute Gasteiger partial charge is 0.507 e. The second-order valence-electron chi connectivity index (χ2n) is 8.12. The second-order valence-corrected chi connectivity index (χ2v) is 8.97. The predicted molar refractivity (Wildman–Crippen MR) is 127 cm³/mol. The first kappa shape index (κ1) is 23.9. The molecule has 1 saturated heterocycles. The number of halogens is 1. The highest BCUT2D eigenvalue weighted by molar-refractivity contribution is 9.10. The Bertz CT molecular complexity index is 1050. The zero-order valence-corrected chi connectivity index (χ0v) is 20.3. The molecular weight excluding hydrogens is 474 g/mol. The summed E-state index contributed by atoms with van der Waals surface area (Å²) in [5.74, 6) is 0.0904. The lowest BCUT2D eigenvalue weighted by Crippen LogP contribution is -2.30. The number of methoxy groups -OCH3 is 1. The minimum atomic E-state index is -0.696. The first-order valence-corrected chi connectivity index (χ1v) is 11.4. The van der Waals surface area contributed by atoms with Gasteiger partial charge in [0.15, 0.2) is 0 Å². The standard InChI is InChI=1S/C25H28BrNO5/c1-5-11-27-22(16-7-6-8-18(12-16)32-14-15(2)3)21(24(29)25(27)30)23(28)17-9-10-20(31-4)19(26)13-17/h6-10,12-13,15,22,28H,5,11,14H2,1-4H3/b23-21+. The Morgan fingerprint density at radius 1 is 1.19 bits per heavy atom. The average molecular weight is 502 g/mol. The van der Waals surface area contributed by atoms with E-state index in [1.807, 2.05) is 31.2 Å². The van der Waals surface area contributed by atoms with Gasteiger partial charge in [-0.15, -0.1) is 0 Å². The van der Waals surface area contributed by atoms with Crippen LogP contribution in [0.5, 0.6) is 11.5 Å². The number of hydrogen-bond donors (Lipinski definition) is 1. The number of benzene rings is 2. The molecule has 2 aromatic carbocycles. The van der Waals surface area contributed by atoms with E-state index >= 15 is 0 Å². The number of aliphatic hydroxyl groups is 1. The van der Waals surface area contributed by atoms with Gasteiger partial charge in [0, 0.05) is 12.1 Å². The zero-order valence-electron chi connectivity index (χ0n) is 18.7. The van der Waals surface area contributed by atoms with Gasteiger partial charge in [-0.2, -0.15) is 0 Å². The molecule has 1 aliphatic heterocycles. The number of ketones is 1. The van der Waals surface area contributed by atoms with Crippen LogP contribution in [0, 0.1) is 5.92 Å². The van der Waals surface area contributed by atoms with E-state index in [0.717, 1.165) is 0 Å². The molecule has 1 aliphatic rings. The maximum Gasteiger partial charge on any atom is 0.295 e. The number of carbonyl (C=O) groups excluding carboxylic acids is 2. The monoisotopic (exact) mass is 501 g/mol. The summed E-state index contributed by atoms with van der Waals surface area (Å²) in [6.45, 7) is 7.02. The summed E-state index contributed by atoms with van der Waals surface area (Å²) in [4.78, 5) is 27.4. The topological polar surface area (TPSA) is 76.1 Å². The van der Waals surface area contributed by atoms with Gasteiger partial charge < -0.3 is 19.5 Å². The van der Waals surface area contributed by atoms with Gasteiger partial charge in [-0.25, -0.2) is 0 Å². The first-order chi connectivity index (χ1) is 15.3. The number of ether oxygens (including phenoxy) is 2. The van der Waals surface area contributed by atoms with Crippen molar-refractivity contribution in [3.63, 3.8) is 0 Å². The highest BCUT2D eigenvalue weighted by atomic mass is 79.9. The van der Waals surface area contributed by atoms with Crippen molar-refractivity contribution in [2.24, 2.45) is 5.92 Å². The van der Waals surface area contributed by atoms with Crippen LogP contribution >= 0.6 is 15.9 Å². The number of nitrogens with zero attached hydrogens (tertiary/aromatic N) is 1. The Kier molecular flexibility index (Phi) is 7.61. The Balaban J connectivity index is 2.12. The number of carbonyl (C=O) groups is 2. The molecule has 2 aromatic rings.